The molecule has 0 radical (unpaired) electrons. The van der Waals surface area contributed by atoms with E-state index in [1.165, 1.54) is 28.9 Å². The highest BCUT2D eigenvalue weighted by Gasteiger charge is 2.52. The Kier molecular flexibility index (Phi) is 4.70. The van der Waals surface area contributed by atoms with Crippen LogP contribution in [-0.2, 0) is 6.54 Å². The molecule has 1 aromatic carbocycles. The number of carbonyl (C=O) groups excluding carboxylic acids is 1. The molecule has 0 unspecified atom stereocenters. The third-order valence-electron chi connectivity index (χ3n) is 5.52. The van der Waals surface area contributed by atoms with Gasteiger partial charge in [0.2, 0.25) is 5.95 Å². The van der Waals surface area contributed by atoms with Crippen molar-refractivity contribution < 1.29 is 10.0 Å². The Balaban J connectivity index is 0.00000192. The van der Waals surface area contributed by atoms with Gasteiger partial charge in [0.25, 0.3) is 5.91 Å². The maximum absolute atomic E-state index is 11.3. The predicted molar refractivity (Wildman–Crippen MR) is 107 cm³/mol. The largest absolute Gasteiger partial charge is 0.361 e. The Bertz CT molecular complexity index is 991. The summed E-state index contributed by atoms with van der Waals surface area (Å²) in [5.74, 6) is 0.0266. The van der Waals surface area contributed by atoms with Crippen LogP contribution in [0.3, 0.4) is 0 Å². The molecule has 0 bridgehead atoms. The van der Waals surface area contributed by atoms with Gasteiger partial charge in [-0.15, -0.1) is 12.4 Å². The Morgan fingerprint density at radius 3 is 2.61 bits per heavy atom. The summed E-state index contributed by atoms with van der Waals surface area (Å²) in [6.07, 6.45) is 4.98. The van der Waals surface area contributed by atoms with Crippen molar-refractivity contribution in [2.75, 3.05) is 31.1 Å². The number of benzene rings is 1. The van der Waals surface area contributed by atoms with Crippen LogP contribution in [0.5, 0.6) is 0 Å². The van der Waals surface area contributed by atoms with E-state index >= 15 is 0 Å². The molecule has 2 aliphatic rings. The average molecular weight is 401 g/mol. The highest BCUT2D eigenvalue weighted by atomic mass is 35.5. The number of likely N-dealkylation sites (tertiary alicyclic amines) is 1. The molecule has 0 atom stereocenters. The first-order valence-corrected chi connectivity index (χ1v) is 8.95. The normalized spacial score (nSPS) is 17.7. The summed E-state index contributed by atoms with van der Waals surface area (Å²) in [6, 6.07) is 8.40. The molecule has 3 aromatic rings. The molecule has 3 N–H and O–H groups in total. The zero-order valence-corrected chi connectivity index (χ0v) is 15.9. The topological polar surface area (TPSA) is 97.4 Å². The number of hydroxylamine groups is 1. The fourth-order valence-corrected chi connectivity index (χ4v) is 4.29. The Hall–Kier alpha value is -2.68. The summed E-state index contributed by atoms with van der Waals surface area (Å²) in [6.45, 7) is 4.99. The first-order valence-electron chi connectivity index (χ1n) is 8.95. The summed E-state index contributed by atoms with van der Waals surface area (Å²) in [5.41, 5.74) is 4.69. The minimum Gasteiger partial charge on any atom is -0.361 e. The van der Waals surface area contributed by atoms with E-state index in [0.29, 0.717) is 11.4 Å². The Morgan fingerprint density at radius 2 is 1.89 bits per heavy atom. The number of rotatable bonds is 4. The smallest absolute Gasteiger partial charge is 0.277 e. The number of anilines is 1. The van der Waals surface area contributed by atoms with E-state index in [4.69, 9.17) is 5.21 Å². The van der Waals surface area contributed by atoms with Crippen LogP contribution in [0.25, 0.3) is 10.9 Å². The second-order valence-electron chi connectivity index (χ2n) is 7.57. The number of amides is 1. The molecule has 5 rings (SSSR count). The number of H-pyrrole nitrogens is 1. The van der Waals surface area contributed by atoms with Crippen LogP contribution in [-0.4, -0.2) is 57.1 Å². The molecule has 4 heterocycles. The molecular formula is C19H21ClN6O2. The summed E-state index contributed by atoms with van der Waals surface area (Å²) >= 11 is 0. The molecular weight excluding hydrogens is 380 g/mol. The second kappa shape index (κ2) is 7.05. The van der Waals surface area contributed by atoms with Crippen molar-refractivity contribution >= 4 is 35.2 Å². The van der Waals surface area contributed by atoms with E-state index in [0.717, 1.165) is 32.7 Å². The van der Waals surface area contributed by atoms with Crippen LogP contribution in [0, 0.1) is 5.41 Å². The maximum Gasteiger partial charge on any atom is 0.277 e. The van der Waals surface area contributed by atoms with Crippen LogP contribution in [0.4, 0.5) is 5.95 Å². The molecule has 1 amide bonds. The summed E-state index contributed by atoms with van der Waals surface area (Å²) < 4.78 is 0. The summed E-state index contributed by atoms with van der Waals surface area (Å²) in [4.78, 5) is 27.7. The van der Waals surface area contributed by atoms with Gasteiger partial charge in [-0.2, -0.15) is 0 Å². The molecule has 2 aliphatic heterocycles. The molecule has 146 valence electrons. The van der Waals surface area contributed by atoms with Gasteiger partial charge in [-0.05, 0) is 11.6 Å². The highest BCUT2D eigenvalue weighted by molar-refractivity contribution is 5.92. The van der Waals surface area contributed by atoms with E-state index < -0.39 is 5.91 Å². The number of fused-ring (bicyclic) bond motifs is 1. The van der Waals surface area contributed by atoms with Crippen molar-refractivity contribution in [3.8, 4) is 0 Å². The molecule has 9 heteroatoms. The van der Waals surface area contributed by atoms with Gasteiger partial charge in [0.05, 0.1) is 5.56 Å². The van der Waals surface area contributed by atoms with Crippen LogP contribution in [0.15, 0.2) is 42.9 Å². The molecule has 0 aliphatic carbocycles. The predicted octanol–water partition coefficient (Wildman–Crippen LogP) is 1.82. The van der Waals surface area contributed by atoms with Crippen LogP contribution < -0.4 is 10.4 Å². The van der Waals surface area contributed by atoms with Crippen LogP contribution in [0.1, 0.15) is 15.9 Å². The lowest BCUT2D eigenvalue weighted by molar-refractivity contribution is -0.0278. The summed E-state index contributed by atoms with van der Waals surface area (Å²) in [5, 5.41) is 9.94. The van der Waals surface area contributed by atoms with Gasteiger partial charge in [-0.25, -0.2) is 15.4 Å². The fourth-order valence-electron chi connectivity index (χ4n) is 4.29. The number of aromatic nitrogens is 3. The van der Waals surface area contributed by atoms with Crippen molar-refractivity contribution in [2.24, 2.45) is 5.41 Å². The monoisotopic (exact) mass is 400 g/mol. The van der Waals surface area contributed by atoms with E-state index in [9.17, 15) is 4.79 Å². The van der Waals surface area contributed by atoms with Gasteiger partial charge >= 0.3 is 0 Å². The average Bonchev–Trinajstić information content (AvgIpc) is 3.05. The quantitative estimate of drug-likeness (QED) is 0.456. The number of aromatic amines is 1. The number of carbonyl (C=O) groups is 1. The number of hydrogen-bond acceptors (Lipinski definition) is 6. The lowest BCUT2D eigenvalue weighted by Crippen LogP contribution is -2.72. The molecule has 1 spiro atoms. The lowest BCUT2D eigenvalue weighted by atomic mass is 9.73. The first-order chi connectivity index (χ1) is 13.2. The molecule has 2 fully saturated rings. The van der Waals surface area contributed by atoms with Gasteiger partial charge in [-0.1, -0.05) is 18.2 Å². The van der Waals surface area contributed by atoms with Gasteiger partial charge < -0.3 is 9.88 Å². The van der Waals surface area contributed by atoms with Crippen molar-refractivity contribution in [2.45, 2.75) is 6.54 Å². The third kappa shape index (κ3) is 3.09. The lowest BCUT2D eigenvalue weighted by Gasteiger charge is -2.60. The number of para-hydroxylation sites is 1. The fraction of sp³-hybridized carbons (Fsp3) is 0.316. The van der Waals surface area contributed by atoms with E-state index in [2.05, 4.69) is 55.2 Å². The Labute approximate surface area is 167 Å². The molecule has 2 saturated heterocycles. The second-order valence-corrected chi connectivity index (χ2v) is 7.57. The minimum absolute atomic E-state index is 0. The molecule has 8 nitrogen and oxygen atoms in total. The first kappa shape index (κ1) is 18.7. The minimum atomic E-state index is -0.603. The number of nitrogens with zero attached hydrogens (tertiary/aromatic N) is 4. The number of hydrogen-bond donors (Lipinski definition) is 3. The number of nitrogens with one attached hydrogen (secondary N) is 2. The third-order valence-corrected chi connectivity index (χ3v) is 5.52. The van der Waals surface area contributed by atoms with E-state index in [1.807, 2.05) is 0 Å². The van der Waals surface area contributed by atoms with Gasteiger partial charge in [0.15, 0.2) is 0 Å². The van der Waals surface area contributed by atoms with Gasteiger partial charge in [0.1, 0.15) is 0 Å². The van der Waals surface area contributed by atoms with Crippen molar-refractivity contribution in [3.05, 3.63) is 54.0 Å². The van der Waals surface area contributed by atoms with E-state index in [-0.39, 0.29) is 18.0 Å². The Morgan fingerprint density at radius 1 is 1.18 bits per heavy atom. The standard InChI is InChI=1S/C19H20N6O2.ClH/c26-17(23-27)13-5-21-18(22-6-13)25-11-19(12-25)9-24(10-19)8-14-7-20-16-4-2-1-3-15(14)16;/h1-7,20,27H,8-12H2,(H,23,26);1H. The highest BCUT2D eigenvalue weighted by Crippen LogP contribution is 2.41. The maximum atomic E-state index is 11.3. The zero-order valence-electron chi connectivity index (χ0n) is 15.1. The van der Waals surface area contributed by atoms with Crippen molar-refractivity contribution in [3.63, 3.8) is 0 Å². The summed E-state index contributed by atoms with van der Waals surface area (Å²) in [7, 11) is 0. The van der Waals surface area contributed by atoms with Crippen molar-refractivity contribution in [1.29, 1.82) is 0 Å². The van der Waals surface area contributed by atoms with Crippen LogP contribution >= 0.6 is 12.4 Å². The number of halogens is 1. The van der Waals surface area contributed by atoms with Gasteiger partial charge in [-0.3, -0.25) is 14.9 Å². The zero-order chi connectivity index (χ0) is 18.4. The van der Waals surface area contributed by atoms with Gasteiger partial charge in [0, 0.05) is 67.6 Å². The van der Waals surface area contributed by atoms with E-state index in [1.54, 1.807) is 5.48 Å². The molecule has 28 heavy (non-hydrogen) atoms. The molecule has 0 saturated carbocycles. The van der Waals surface area contributed by atoms with Crippen LogP contribution in [0.2, 0.25) is 0 Å². The molecule has 2 aromatic heterocycles. The van der Waals surface area contributed by atoms with Crippen molar-refractivity contribution in [1.82, 2.24) is 25.3 Å². The SMILES string of the molecule is Cl.O=C(NO)c1cnc(N2CC3(CN(Cc4c[nH]c5ccccc45)C3)C2)nc1.